The average Bonchev–Trinajstić information content (AvgIpc) is 2.92. The Morgan fingerprint density at radius 2 is 1.96 bits per heavy atom. The number of carbonyl (C=O) groups excluding carboxylic acids is 1. The number of carbonyl (C=O) groups is 1. The van der Waals surface area contributed by atoms with Gasteiger partial charge >= 0.3 is 0 Å². The lowest BCUT2D eigenvalue weighted by Crippen LogP contribution is -2.32. The highest BCUT2D eigenvalue weighted by Crippen LogP contribution is 2.47. The highest BCUT2D eigenvalue weighted by molar-refractivity contribution is 9.10. The van der Waals surface area contributed by atoms with Crippen molar-refractivity contribution < 1.29 is 9.53 Å². The molecule has 3 rings (SSSR count). The largest absolute Gasteiger partial charge is 0.496 e. The van der Waals surface area contributed by atoms with Crippen molar-refractivity contribution in [1.29, 1.82) is 0 Å². The monoisotopic (exact) mass is 420 g/mol. The summed E-state index contributed by atoms with van der Waals surface area (Å²) in [6.45, 7) is 4.13. The SMILES string of the molecule is CCC1(CC)C(=O)Nc2c(Br)cc(NSc3ccccc3OC)cc21. The molecule has 1 heterocycles. The van der Waals surface area contributed by atoms with Crippen molar-refractivity contribution in [2.45, 2.75) is 37.0 Å². The Kier molecular flexibility index (Phi) is 5.29. The molecule has 2 N–H and O–H groups in total. The molecule has 0 aliphatic carbocycles. The number of rotatable bonds is 6. The highest BCUT2D eigenvalue weighted by atomic mass is 79.9. The quantitative estimate of drug-likeness (QED) is 0.598. The number of hydrogen-bond acceptors (Lipinski definition) is 4. The van der Waals surface area contributed by atoms with Gasteiger partial charge in [-0.25, -0.2) is 0 Å². The third-order valence-corrected chi connectivity index (χ3v) is 6.35. The summed E-state index contributed by atoms with van der Waals surface area (Å²) in [4.78, 5) is 13.6. The summed E-state index contributed by atoms with van der Waals surface area (Å²) in [5.41, 5.74) is 2.44. The van der Waals surface area contributed by atoms with E-state index in [2.05, 4.69) is 45.9 Å². The zero-order chi connectivity index (χ0) is 18.0. The van der Waals surface area contributed by atoms with Crippen LogP contribution in [0, 0.1) is 0 Å². The second kappa shape index (κ2) is 7.30. The van der Waals surface area contributed by atoms with Crippen molar-refractivity contribution in [1.82, 2.24) is 0 Å². The number of nitrogens with one attached hydrogen (secondary N) is 2. The standard InChI is InChI=1S/C19H21BrN2O2S/c1-4-19(5-2)13-10-12(11-14(20)17(13)21-18(19)23)22-25-16-9-7-6-8-15(16)24-3/h6-11,22H,4-5H2,1-3H3,(H,21,23). The van der Waals surface area contributed by atoms with Crippen LogP contribution >= 0.6 is 27.9 Å². The van der Waals surface area contributed by atoms with Gasteiger partial charge in [0.25, 0.3) is 0 Å². The molecular formula is C19H21BrN2O2S. The number of amides is 1. The molecule has 2 aromatic carbocycles. The molecule has 0 radical (unpaired) electrons. The van der Waals surface area contributed by atoms with E-state index in [4.69, 9.17) is 4.74 Å². The van der Waals surface area contributed by atoms with E-state index >= 15 is 0 Å². The van der Waals surface area contributed by atoms with Gasteiger partial charge in [-0.05, 0) is 70.5 Å². The van der Waals surface area contributed by atoms with Crippen LogP contribution in [0.2, 0.25) is 0 Å². The van der Waals surface area contributed by atoms with Gasteiger partial charge in [0.15, 0.2) is 0 Å². The topological polar surface area (TPSA) is 50.4 Å². The van der Waals surface area contributed by atoms with Crippen molar-refractivity contribution in [2.24, 2.45) is 0 Å². The van der Waals surface area contributed by atoms with E-state index < -0.39 is 5.41 Å². The molecule has 25 heavy (non-hydrogen) atoms. The maximum absolute atomic E-state index is 12.6. The first-order chi connectivity index (χ1) is 12.1. The van der Waals surface area contributed by atoms with Gasteiger partial charge in [0.05, 0.1) is 23.1 Å². The number of hydrogen-bond donors (Lipinski definition) is 2. The summed E-state index contributed by atoms with van der Waals surface area (Å²) < 4.78 is 9.66. The zero-order valence-electron chi connectivity index (χ0n) is 14.5. The molecule has 1 amide bonds. The molecule has 0 aromatic heterocycles. The van der Waals surface area contributed by atoms with Gasteiger partial charge in [-0.1, -0.05) is 26.0 Å². The fraction of sp³-hybridized carbons (Fsp3) is 0.316. The first kappa shape index (κ1) is 18.1. The molecule has 0 saturated carbocycles. The van der Waals surface area contributed by atoms with E-state index in [9.17, 15) is 4.79 Å². The van der Waals surface area contributed by atoms with Crippen LogP contribution in [0.1, 0.15) is 32.3 Å². The van der Waals surface area contributed by atoms with Crippen LogP contribution in [0.25, 0.3) is 0 Å². The summed E-state index contributed by atoms with van der Waals surface area (Å²) in [5.74, 6) is 0.913. The lowest BCUT2D eigenvalue weighted by atomic mass is 9.77. The van der Waals surface area contributed by atoms with Gasteiger partial charge in [-0.15, -0.1) is 0 Å². The fourth-order valence-corrected chi connectivity index (χ4v) is 4.60. The molecule has 1 aliphatic rings. The zero-order valence-corrected chi connectivity index (χ0v) is 16.9. The van der Waals surface area contributed by atoms with Crippen LogP contribution in [-0.4, -0.2) is 13.0 Å². The molecule has 0 spiro atoms. The number of ether oxygens (including phenoxy) is 1. The molecule has 2 aromatic rings. The van der Waals surface area contributed by atoms with Gasteiger partial charge in [0, 0.05) is 10.2 Å². The summed E-state index contributed by atoms with van der Waals surface area (Å²) in [5, 5.41) is 3.04. The van der Waals surface area contributed by atoms with Crippen LogP contribution in [0.4, 0.5) is 11.4 Å². The minimum absolute atomic E-state index is 0.0859. The second-order valence-electron chi connectivity index (χ2n) is 5.98. The van der Waals surface area contributed by atoms with Crippen molar-refractivity contribution >= 4 is 45.2 Å². The van der Waals surface area contributed by atoms with Crippen LogP contribution in [0.15, 0.2) is 45.8 Å². The Labute approximate surface area is 161 Å². The van der Waals surface area contributed by atoms with Crippen LogP contribution in [-0.2, 0) is 10.2 Å². The fourth-order valence-electron chi connectivity index (χ4n) is 3.29. The van der Waals surface area contributed by atoms with Crippen molar-refractivity contribution in [2.75, 3.05) is 17.1 Å². The lowest BCUT2D eigenvalue weighted by molar-refractivity contribution is -0.121. The molecule has 1 aliphatic heterocycles. The van der Waals surface area contributed by atoms with Gasteiger partial charge < -0.3 is 14.8 Å². The number of methoxy groups -OCH3 is 1. The Morgan fingerprint density at radius 3 is 2.64 bits per heavy atom. The van der Waals surface area contributed by atoms with Gasteiger partial charge in [0.2, 0.25) is 5.91 Å². The summed E-state index contributed by atoms with van der Waals surface area (Å²) >= 11 is 5.10. The predicted molar refractivity (Wildman–Crippen MR) is 108 cm³/mol. The molecule has 4 nitrogen and oxygen atoms in total. The summed E-state index contributed by atoms with van der Waals surface area (Å²) in [6.07, 6.45) is 1.55. The molecule has 0 atom stereocenters. The van der Waals surface area contributed by atoms with Crippen LogP contribution in [0.5, 0.6) is 5.75 Å². The van der Waals surface area contributed by atoms with Crippen molar-refractivity contribution in [3.63, 3.8) is 0 Å². The molecule has 0 unspecified atom stereocenters. The first-order valence-corrected chi connectivity index (χ1v) is 9.88. The van der Waals surface area contributed by atoms with E-state index in [0.29, 0.717) is 0 Å². The number of anilines is 2. The number of fused-ring (bicyclic) bond motifs is 1. The van der Waals surface area contributed by atoms with Crippen LogP contribution in [0.3, 0.4) is 0 Å². The third kappa shape index (κ3) is 3.13. The van der Waals surface area contributed by atoms with E-state index in [-0.39, 0.29) is 5.91 Å². The minimum Gasteiger partial charge on any atom is -0.496 e. The normalized spacial score (nSPS) is 14.8. The second-order valence-corrected chi connectivity index (χ2v) is 7.68. The maximum atomic E-state index is 12.6. The summed E-state index contributed by atoms with van der Waals surface area (Å²) in [7, 11) is 1.67. The van der Waals surface area contributed by atoms with E-state index in [0.717, 1.165) is 44.9 Å². The molecular weight excluding hydrogens is 400 g/mol. The molecule has 6 heteroatoms. The molecule has 0 bridgehead atoms. The van der Waals surface area contributed by atoms with E-state index in [1.807, 2.05) is 30.3 Å². The highest BCUT2D eigenvalue weighted by Gasteiger charge is 2.44. The Bertz CT molecular complexity index is 806. The van der Waals surface area contributed by atoms with Gasteiger partial charge in [-0.3, -0.25) is 4.79 Å². The van der Waals surface area contributed by atoms with Crippen molar-refractivity contribution in [3.8, 4) is 5.75 Å². The lowest BCUT2D eigenvalue weighted by Gasteiger charge is -2.24. The van der Waals surface area contributed by atoms with E-state index in [1.165, 1.54) is 11.9 Å². The Morgan fingerprint density at radius 1 is 1.24 bits per heavy atom. The average molecular weight is 421 g/mol. The predicted octanol–water partition coefficient (Wildman–Crippen LogP) is 5.59. The third-order valence-electron chi connectivity index (χ3n) is 4.83. The number of para-hydroxylation sites is 1. The van der Waals surface area contributed by atoms with Crippen LogP contribution < -0.4 is 14.8 Å². The summed E-state index contributed by atoms with van der Waals surface area (Å²) in [6, 6.07) is 11.9. The number of benzene rings is 2. The molecule has 0 saturated heterocycles. The minimum atomic E-state index is -0.454. The first-order valence-electron chi connectivity index (χ1n) is 8.27. The maximum Gasteiger partial charge on any atom is 0.235 e. The van der Waals surface area contributed by atoms with Gasteiger partial charge in [-0.2, -0.15) is 0 Å². The van der Waals surface area contributed by atoms with Gasteiger partial charge in [0.1, 0.15) is 5.75 Å². The Balaban J connectivity index is 1.91. The smallest absolute Gasteiger partial charge is 0.235 e. The Hall–Kier alpha value is -1.66. The van der Waals surface area contributed by atoms with Crippen molar-refractivity contribution in [3.05, 3.63) is 46.4 Å². The molecule has 0 fully saturated rings. The molecule has 132 valence electrons. The van der Waals surface area contributed by atoms with E-state index in [1.54, 1.807) is 7.11 Å². The number of halogens is 1.